The quantitative estimate of drug-likeness (QED) is 0.516. The molecule has 2 nitrogen and oxygen atoms in total. The standard InChI is InChI=1S/C17H25NO/c1-5-6-7-14(2)12-15(3)18-13-16-8-10-17(19-4)11-9-16/h5-6,8-11,14H,7,12-13H2,1-4H3. The van der Waals surface area contributed by atoms with Gasteiger partial charge in [-0.2, -0.15) is 0 Å². The first-order chi connectivity index (χ1) is 9.15. The van der Waals surface area contributed by atoms with E-state index in [1.165, 1.54) is 11.3 Å². The van der Waals surface area contributed by atoms with Crippen molar-refractivity contribution >= 4 is 5.71 Å². The Morgan fingerprint density at radius 1 is 1.32 bits per heavy atom. The Balaban J connectivity index is 2.45. The number of nitrogens with zero attached hydrogens (tertiary/aromatic N) is 1. The summed E-state index contributed by atoms with van der Waals surface area (Å²) in [5.41, 5.74) is 2.45. The van der Waals surface area contributed by atoms with E-state index in [1.54, 1.807) is 7.11 Å². The maximum Gasteiger partial charge on any atom is 0.118 e. The summed E-state index contributed by atoms with van der Waals surface area (Å²) in [6.45, 7) is 7.21. The number of benzene rings is 1. The predicted octanol–water partition coefficient (Wildman–Crippen LogP) is 4.65. The zero-order valence-corrected chi connectivity index (χ0v) is 12.5. The molecule has 1 aromatic carbocycles. The number of ether oxygens (including phenoxy) is 1. The minimum Gasteiger partial charge on any atom is -0.497 e. The Bertz CT molecular complexity index is 417. The molecule has 0 aliphatic carbocycles. The summed E-state index contributed by atoms with van der Waals surface area (Å²) in [7, 11) is 1.68. The highest BCUT2D eigenvalue weighted by atomic mass is 16.5. The number of rotatable bonds is 7. The third-order valence-electron chi connectivity index (χ3n) is 3.11. The Morgan fingerprint density at radius 2 is 2.00 bits per heavy atom. The van der Waals surface area contributed by atoms with Crippen molar-refractivity contribution in [3.8, 4) is 5.75 Å². The number of allylic oxidation sites excluding steroid dienone is 2. The molecule has 0 aromatic heterocycles. The van der Waals surface area contributed by atoms with E-state index in [-0.39, 0.29) is 0 Å². The lowest BCUT2D eigenvalue weighted by atomic mass is 10.0. The third-order valence-corrected chi connectivity index (χ3v) is 3.11. The molecule has 0 aliphatic heterocycles. The summed E-state index contributed by atoms with van der Waals surface area (Å²) in [6.07, 6.45) is 6.54. The number of methoxy groups -OCH3 is 1. The van der Waals surface area contributed by atoms with Crippen LogP contribution in [0.4, 0.5) is 0 Å². The zero-order valence-electron chi connectivity index (χ0n) is 12.5. The number of hydrogen-bond donors (Lipinski definition) is 0. The van der Waals surface area contributed by atoms with Crippen LogP contribution in [0, 0.1) is 5.92 Å². The van der Waals surface area contributed by atoms with E-state index >= 15 is 0 Å². The SMILES string of the molecule is CC=CCC(C)CC(C)=NCc1ccc(OC)cc1. The van der Waals surface area contributed by atoms with Gasteiger partial charge in [0, 0.05) is 5.71 Å². The van der Waals surface area contributed by atoms with E-state index in [0.29, 0.717) is 5.92 Å². The molecule has 0 saturated heterocycles. The monoisotopic (exact) mass is 259 g/mol. The normalized spacial score (nSPS) is 13.8. The van der Waals surface area contributed by atoms with Gasteiger partial charge in [-0.15, -0.1) is 0 Å². The highest BCUT2D eigenvalue weighted by Gasteiger charge is 2.02. The van der Waals surface area contributed by atoms with Crippen LogP contribution in [-0.4, -0.2) is 12.8 Å². The molecule has 2 heteroatoms. The lowest BCUT2D eigenvalue weighted by molar-refractivity contribution is 0.414. The third kappa shape index (κ3) is 6.23. The van der Waals surface area contributed by atoms with Crippen molar-refractivity contribution in [1.82, 2.24) is 0 Å². The van der Waals surface area contributed by atoms with Crippen molar-refractivity contribution < 1.29 is 4.74 Å². The average Bonchev–Trinajstić information content (AvgIpc) is 2.43. The molecule has 0 heterocycles. The van der Waals surface area contributed by atoms with Crippen LogP contribution in [0.1, 0.15) is 39.2 Å². The van der Waals surface area contributed by atoms with Crippen molar-refractivity contribution in [3.63, 3.8) is 0 Å². The Labute approximate surface area is 117 Å². The first kappa shape index (κ1) is 15.5. The molecular weight excluding hydrogens is 234 g/mol. The fourth-order valence-corrected chi connectivity index (χ4v) is 1.98. The molecule has 19 heavy (non-hydrogen) atoms. The predicted molar refractivity (Wildman–Crippen MR) is 83.0 cm³/mol. The van der Waals surface area contributed by atoms with Crippen LogP contribution in [0.3, 0.4) is 0 Å². The van der Waals surface area contributed by atoms with E-state index in [1.807, 2.05) is 12.1 Å². The average molecular weight is 259 g/mol. The minimum atomic E-state index is 0.663. The van der Waals surface area contributed by atoms with Crippen LogP contribution in [0.5, 0.6) is 5.75 Å². The molecular formula is C17H25NO. The van der Waals surface area contributed by atoms with Crippen LogP contribution in [0.15, 0.2) is 41.4 Å². The summed E-state index contributed by atoms with van der Waals surface area (Å²) < 4.78 is 5.14. The van der Waals surface area contributed by atoms with Crippen molar-refractivity contribution in [2.45, 2.75) is 40.2 Å². The highest BCUT2D eigenvalue weighted by molar-refractivity contribution is 5.82. The van der Waals surface area contributed by atoms with Gasteiger partial charge in [-0.25, -0.2) is 0 Å². The molecule has 0 aliphatic rings. The molecule has 0 N–H and O–H groups in total. The fourth-order valence-electron chi connectivity index (χ4n) is 1.98. The van der Waals surface area contributed by atoms with E-state index < -0.39 is 0 Å². The molecule has 1 unspecified atom stereocenters. The van der Waals surface area contributed by atoms with Gasteiger partial charge in [-0.05, 0) is 50.3 Å². The molecule has 0 bridgehead atoms. The zero-order chi connectivity index (χ0) is 14.1. The van der Waals surface area contributed by atoms with Crippen LogP contribution in [0.2, 0.25) is 0 Å². The van der Waals surface area contributed by atoms with Crippen molar-refractivity contribution in [3.05, 3.63) is 42.0 Å². The topological polar surface area (TPSA) is 21.6 Å². The first-order valence-electron chi connectivity index (χ1n) is 6.89. The smallest absolute Gasteiger partial charge is 0.118 e. The van der Waals surface area contributed by atoms with Gasteiger partial charge in [0.05, 0.1) is 13.7 Å². The lowest BCUT2D eigenvalue weighted by Gasteiger charge is -2.08. The second-order valence-electron chi connectivity index (χ2n) is 5.01. The maximum absolute atomic E-state index is 5.14. The number of aliphatic imine (C=N–C) groups is 1. The number of hydrogen-bond acceptors (Lipinski definition) is 2. The van der Waals surface area contributed by atoms with Gasteiger partial charge in [0.25, 0.3) is 0 Å². The van der Waals surface area contributed by atoms with E-state index in [4.69, 9.17) is 4.74 Å². The lowest BCUT2D eigenvalue weighted by Crippen LogP contribution is -2.01. The van der Waals surface area contributed by atoms with Crippen LogP contribution < -0.4 is 4.74 Å². The molecule has 1 rings (SSSR count). The molecule has 0 spiro atoms. The van der Waals surface area contributed by atoms with Crippen molar-refractivity contribution in [2.75, 3.05) is 7.11 Å². The van der Waals surface area contributed by atoms with Crippen molar-refractivity contribution in [1.29, 1.82) is 0 Å². The van der Waals surface area contributed by atoms with Crippen LogP contribution in [0.25, 0.3) is 0 Å². The van der Waals surface area contributed by atoms with Gasteiger partial charge in [0.1, 0.15) is 5.75 Å². The van der Waals surface area contributed by atoms with E-state index in [0.717, 1.165) is 25.1 Å². The second kappa shape index (κ2) is 8.52. The summed E-state index contributed by atoms with van der Waals surface area (Å²) in [5.74, 6) is 1.56. The van der Waals surface area contributed by atoms with Crippen LogP contribution in [-0.2, 0) is 6.54 Å². The Morgan fingerprint density at radius 3 is 2.58 bits per heavy atom. The second-order valence-corrected chi connectivity index (χ2v) is 5.01. The van der Waals surface area contributed by atoms with Gasteiger partial charge in [-0.1, -0.05) is 31.2 Å². The highest BCUT2D eigenvalue weighted by Crippen LogP contribution is 2.13. The molecule has 1 atom stereocenters. The largest absolute Gasteiger partial charge is 0.497 e. The van der Waals surface area contributed by atoms with E-state index in [9.17, 15) is 0 Å². The summed E-state index contributed by atoms with van der Waals surface area (Å²) in [5, 5.41) is 0. The molecule has 104 valence electrons. The van der Waals surface area contributed by atoms with Gasteiger partial charge < -0.3 is 4.74 Å². The fraction of sp³-hybridized carbons (Fsp3) is 0.471. The molecule has 1 aromatic rings. The Kier molecular flexibility index (Phi) is 6.94. The van der Waals surface area contributed by atoms with Gasteiger partial charge >= 0.3 is 0 Å². The maximum atomic E-state index is 5.14. The van der Waals surface area contributed by atoms with Gasteiger partial charge in [0.2, 0.25) is 0 Å². The summed E-state index contributed by atoms with van der Waals surface area (Å²) >= 11 is 0. The van der Waals surface area contributed by atoms with Crippen molar-refractivity contribution in [2.24, 2.45) is 10.9 Å². The molecule has 0 fully saturated rings. The molecule has 0 amide bonds. The molecule has 0 saturated carbocycles. The van der Waals surface area contributed by atoms with Crippen LogP contribution >= 0.6 is 0 Å². The summed E-state index contributed by atoms with van der Waals surface area (Å²) in [4.78, 5) is 4.65. The Hall–Kier alpha value is -1.57. The minimum absolute atomic E-state index is 0.663. The van der Waals surface area contributed by atoms with Gasteiger partial charge in [0.15, 0.2) is 0 Å². The van der Waals surface area contributed by atoms with E-state index in [2.05, 4.69) is 50.0 Å². The van der Waals surface area contributed by atoms with Gasteiger partial charge in [-0.3, -0.25) is 4.99 Å². The molecule has 0 radical (unpaired) electrons. The first-order valence-corrected chi connectivity index (χ1v) is 6.89. The summed E-state index contributed by atoms with van der Waals surface area (Å²) in [6, 6.07) is 8.10.